The second-order valence-corrected chi connectivity index (χ2v) is 4.61. The monoisotopic (exact) mass is 268 g/mol. The minimum absolute atomic E-state index is 0.397. The summed E-state index contributed by atoms with van der Waals surface area (Å²) in [7, 11) is 5.24. The third kappa shape index (κ3) is 5.06. The molecule has 0 bridgehead atoms. The van der Waals surface area contributed by atoms with Crippen molar-refractivity contribution in [1.82, 2.24) is 4.90 Å². The second-order valence-electron chi connectivity index (χ2n) is 4.61. The molecular weight excluding hydrogens is 244 g/mol. The predicted molar refractivity (Wildman–Crippen MR) is 75.6 cm³/mol. The van der Waals surface area contributed by atoms with Crippen LogP contribution in [0.1, 0.15) is 12.0 Å². The molecule has 0 radical (unpaired) electrons. The van der Waals surface area contributed by atoms with Crippen LogP contribution in [0.4, 0.5) is 0 Å². The van der Waals surface area contributed by atoms with Crippen molar-refractivity contribution in [3.05, 3.63) is 23.8 Å². The van der Waals surface area contributed by atoms with E-state index in [2.05, 4.69) is 0 Å². The highest BCUT2D eigenvalue weighted by atomic mass is 16.5. The van der Waals surface area contributed by atoms with Crippen LogP contribution >= 0.6 is 0 Å². The summed E-state index contributed by atoms with van der Waals surface area (Å²) < 4.78 is 10.5. The lowest BCUT2D eigenvalue weighted by molar-refractivity contribution is 0.116. The minimum atomic E-state index is -0.397. The van der Waals surface area contributed by atoms with E-state index in [0.29, 0.717) is 26.1 Å². The highest BCUT2D eigenvalue weighted by molar-refractivity contribution is 5.40. The molecule has 1 rings (SSSR count). The van der Waals surface area contributed by atoms with Crippen molar-refractivity contribution in [2.75, 3.05) is 34.4 Å². The molecule has 0 spiro atoms. The Balaban J connectivity index is 2.68. The Morgan fingerprint density at radius 3 is 2.63 bits per heavy atom. The molecule has 5 heteroatoms. The van der Waals surface area contributed by atoms with Gasteiger partial charge in [0.25, 0.3) is 0 Å². The number of hydrogen-bond acceptors (Lipinski definition) is 5. The molecule has 1 aromatic carbocycles. The molecule has 1 aromatic rings. The van der Waals surface area contributed by atoms with Crippen molar-refractivity contribution in [2.45, 2.75) is 19.1 Å². The van der Waals surface area contributed by atoms with Gasteiger partial charge < -0.3 is 20.3 Å². The summed E-state index contributed by atoms with van der Waals surface area (Å²) in [6.45, 7) is 1.76. The van der Waals surface area contributed by atoms with Crippen LogP contribution in [-0.4, -0.2) is 50.5 Å². The lowest BCUT2D eigenvalue weighted by atomic mass is 10.1. The molecule has 0 saturated carbocycles. The first kappa shape index (κ1) is 15.8. The van der Waals surface area contributed by atoms with Gasteiger partial charge in [0.1, 0.15) is 11.5 Å². The van der Waals surface area contributed by atoms with Crippen molar-refractivity contribution in [2.24, 2.45) is 5.73 Å². The Morgan fingerprint density at radius 1 is 1.32 bits per heavy atom. The van der Waals surface area contributed by atoms with Gasteiger partial charge in [-0.1, -0.05) is 0 Å². The van der Waals surface area contributed by atoms with Crippen LogP contribution in [0.15, 0.2) is 18.2 Å². The van der Waals surface area contributed by atoms with Crippen LogP contribution < -0.4 is 15.2 Å². The van der Waals surface area contributed by atoms with Gasteiger partial charge in [-0.2, -0.15) is 0 Å². The lowest BCUT2D eigenvalue weighted by Gasteiger charge is -2.21. The van der Waals surface area contributed by atoms with Crippen molar-refractivity contribution in [3.63, 3.8) is 0 Å². The van der Waals surface area contributed by atoms with E-state index < -0.39 is 6.10 Å². The van der Waals surface area contributed by atoms with E-state index in [9.17, 15) is 5.11 Å². The number of methoxy groups -OCH3 is 2. The summed E-state index contributed by atoms with van der Waals surface area (Å²) in [5.74, 6) is 1.62. The quantitative estimate of drug-likeness (QED) is 0.731. The number of rotatable bonds is 8. The van der Waals surface area contributed by atoms with E-state index in [1.165, 1.54) is 0 Å². The Labute approximate surface area is 114 Å². The molecule has 5 nitrogen and oxygen atoms in total. The summed E-state index contributed by atoms with van der Waals surface area (Å²) in [5, 5.41) is 9.75. The highest BCUT2D eigenvalue weighted by Gasteiger charge is 2.11. The highest BCUT2D eigenvalue weighted by Crippen LogP contribution is 2.25. The van der Waals surface area contributed by atoms with Gasteiger partial charge in [0, 0.05) is 18.7 Å². The Morgan fingerprint density at radius 2 is 2.05 bits per heavy atom. The zero-order valence-electron chi connectivity index (χ0n) is 11.9. The maximum Gasteiger partial charge on any atom is 0.123 e. The summed E-state index contributed by atoms with van der Waals surface area (Å²) >= 11 is 0. The van der Waals surface area contributed by atoms with Gasteiger partial charge in [-0.05, 0) is 38.2 Å². The molecule has 0 saturated heterocycles. The van der Waals surface area contributed by atoms with Crippen LogP contribution in [0.25, 0.3) is 0 Å². The number of nitrogens with zero attached hydrogens (tertiary/aromatic N) is 1. The van der Waals surface area contributed by atoms with E-state index >= 15 is 0 Å². The lowest BCUT2D eigenvalue weighted by Crippen LogP contribution is -2.30. The number of aliphatic hydroxyl groups is 1. The topological polar surface area (TPSA) is 68.0 Å². The van der Waals surface area contributed by atoms with E-state index in [4.69, 9.17) is 15.2 Å². The van der Waals surface area contributed by atoms with Crippen molar-refractivity contribution in [3.8, 4) is 11.5 Å². The van der Waals surface area contributed by atoms with Gasteiger partial charge in [0.2, 0.25) is 0 Å². The van der Waals surface area contributed by atoms with Crippen molar-refractivity contribution >= 4 is 0 Å². The fourth-order valence-electron chi connectivity index (χ4n) is 2.00. The van der Waals surface area contributed by atoms with E-state index in [0.717, 1.165) is 17.1 Å². The maximum atomic E-state index is 9.75. The SMILES string of the molecule is COc1ccc(OC)c(CN(C)CC(O)CCN)c1. The molecule has 3 N–H and O–H groups in total. The number of aliphatic hydroxyl groups excluding tert-OH is 1. The van der Waals surface area contributed by atoms with Crippen molar-refractivity contribution in [1.29, 1.82) is 0 Å². The van der Waals surface area contributed by atoms with Crippen LogP contribution in [0, 0.1) is 0 Å². The van der Waals surface area contributed by atoms with Gasteiger partial charge in [-0.25, -0.2) is 0 Å². The third-order valence-corrected chi connectivity index (χ3v) is 2.95. The van der Waals surface area contributed by atoms with Crippen LogP contribution in [0.2, 0.25) is 0 Å². The third-order valence-electron chi connectivity index (χ3n) is 2.95. The molecule has 1 atom stereocenters. The zero-order chi connectivity index (χ0) is 14.3. The Bertz CT molecular complexity index is 385. The Hall–Kier alpha value is -1.30. The smallest absolute Gasteiger partial charge is 0.123 e. The summed E-state index contributed by atoms with van der Waals surface area (Å²) in [4.78, 5) is 2.04. The standard InChI is InChI=1S/C14H24N2O3/c1-16(10-12(17)6-7-15)9-11-8-13(18-2)4-5-14(11)19-3/h4-5,8,12,17H,6-7,9-10,15H2,1-3H3. The van der Waals surface area contributed by atoms with Gasteiger partial charge in [-0.15, -0.1) is 0 Å². The summed E-state index contributed by atoms with van der Waals surface area (Å²) in [6, 6.07) is 5.70. The molecule has 0 aliphatic carbocycles. The fraction of sp³-hybridized carbons (Fsp3) is 0.571. The van der Waals surface area contributed by atoms with Gasteiger partial charge >= 0.3 is 0 Å². The van der Waals surface area contributed by atoms with Gasteiger partial charge in [0.05, 0.1) is 20.3 Å². The number of hydrogen-bond donors (Lipinski definition) is 2. The number of ether oxygens (including phenoxy) is 2. The molecule has 0 amide bonds. The largest absolute Gasteiger partial charge is 0.497 e. The zero-order valence-corrected chi connectivity index (χ0v) is 11.9. The van der Waals surface area contributed by atoms with Crippen LogP contribution in [0.5, 0.6) is 11.5 Å². The fourth-order valence-corrected chi connectivity index (χ4v) is 2.00. The maximum absolute atomic E-state index is 9.75. The number of nitrogens with two attached hydrogens (primary N) is 1. The molecule has 0 aromatic heterocycles. The second kappa shape index (κ2) is 7.99. The molecule has 0 heterocycles. The molecule has 0 fully saturated rings. The van der Waals surface area contributed by atoms with Crippen LogP contribution in [0.3, 0.4) is 0 Å². The average molecular weight is 268 g/mol. The van der Waals surface area contributed by atoms with Gasteiger partial charge in [0.15, 0.2) is 0 Å². The minimum Gasteiger partial charge on any atom is -0.497 e. The first-order chi connectivity index (χ1) is 9.10. The number of likely N-dealkylation sites (N-methyl/N-ethyl adjacent to an activating group) is 1. The van der Waals surface area contributed by atoms with Crippen molar-refractivity contribution < 1.29 is 14.6 Å². The normalized spacial score (nSPS) is 12.5. The molecule has 1 unspecified atom stereocenters. The average Bonchev–Trinajstić information content (AvgIpc) is 2.38. The van der Waals surface area contributed by atoms with E-state index in [-0.39, 0.29) is 0 Å². The Kier molecular flexibility index (Phi) is 6.62. The van der Waals surface area contributed by atoms with Crippen LogP contribution in [-0.2, 0) is 6.54 Å². The first-order valence-electron chi connectivity index (χ1n) is 6.38. The molecule has 0 aliphatic rings. The molecule has 108 valence electrons. The van der Waals surface area contributed by atoms with Gasteiger partial charge in [-0.3, -0.25) is 4.90 Å². The summed E-state index contributed by atoms with van der Waals surface area (Å²) in [6.07, 6.45) is 0.214. The predicted octanol–water partition coefficient (Wildman–Crippen LogP) is 0.845. The molecule has 19 heavy (non-hydrogen) atoms. The molecule has 0 aliphatic heterocycles. The van der Waals surface area contributed by atoms with E-state index in [1.54, 1.807) is 14.2 Å². The number of benzene rings is 1. The first-order valence-corrected chi connectivity index (χ1v) is 6.38. The van der Waals surface area contributed by atoms with E-state index in [1.807, 2.05) is 30.1 Å². The summed E-state index contributed by atoms with van der Waals surface area (Å²) in [5.41, 5.74) is 6.46. The molecular formula is C14H24N2O3.